The maximum atomic E-state index is 10.7. The van der Waals surface area contributed by atoms with Crippen LogP contribution in [0.15, 0.2) is 17.0 Å². The normalized spacial score (nSPS) is 10.6. The van der Waals surface area contributed by atoms with Gasteiger partial charge in [-0.3, -0.25) is 0 Å². The number of nitrogens with zero attached hydrogens (tertiary/aromatic N) is 4. The standard InChI is InChI=1S/C8H8BrN5O2/c1-2-10-7-8-11-3-6(14(15)16)13(8)4-5(9)12-7/h3-4H,2H2,1H3,(H,10,12). The number of imidazole rings is 1. The van der Waals surface area contributed by atoms with Crippen molar-refractivity contribution in [3.63, 3.8) is 0 Å². The molecule has 0 amide bonds. The number of rotatable bonds is 3. The van der Waals surface area contributed by atoms with Gasteiger partial charge < -0.3 is 15.4 Å². The van der Waals surface area contributed by atoms with Gasteiger partial charge in [-0.1, -0.05) is 0 Å². The van der Waals surface area contributed by atoms with Crippen LogP contribution in [0.5, 0.6) is 0 Å². The van der Waals surface area contributed by atoms with Crippen molar-refractivity contribution in [3.8, 4) is 0 Å². The number of nitrogens with one attached hydrogen (secondary N) is 1. The van der Waals surface area contributed by atoms with Crippen molar-refractivity contribution < 1.29 is 4.92 Å². The lowest BCUT2D eigenvalue weighted by atomic mass is 10.5. The zero-order valence-corrected chi connectivity index (χ0v) is 9.93. The number of hydrogen-bond donors (Lipinski definition) is 1. The summed E-state index contributed by atoms with van der Waals surface area (Å²) in [5.41, 5.74) is 0.441. The summed E-state index contributed by atoms with van der Waals surface area (Å²) in [6, 6.07) is 0. The minimum atomic E-state index is -0.484. The van der Waals surface area contributed by atoms with Crippen LogP contribution in [-0.2, 0) is 0 Å². The van der Waals surface area contributed by atoms with Crippen LogP contribution in [0.2, 0.25) is 0 Å². The molecule has 0 fully saturated rings. The second kappa shape index (κ2) is 4.05. The Hall–Kier alpha value is -1.70. The van der Waals surface area contributed by atoms with E-state index in [0.29, 0.717) is 22.6 Å². The highest BCUT2D eigenvalue weighted by Crippen LogP contribution is 2.22. The molecule has 0 spiro atoms. The topological polar surface area (TPSA) is 85.4 Å². The van der Waals surface area contributed by atoms with E-state index >= 15 is 0 Å². The van der Waals surface area contributed by atoms with Crippen molar-refractivity contribution >= 4 is 33.2 Å². The third kappa shape index (κ3) is 1.71. The van der Waals surface area contributed by atoms with Gasteiger partial charge in [-0.25, -0.2) is 9.97 Å². The Balaban J connectivity index is 2.70. The number of hydrogen-bond acceptors (Lipinski definition) is 5. The van der Waals surface area contributed by atoms with Crippen molar-refractivity contribution in [1.29, 1.82) is 0 Å². The second-order valence-electron chi connectivity index (χ2n) is 3.01. The van der Waals surface area contributed by atoms with Crippen molar-refractivity contribution in [2.75, 3.05) is 11.9 Å². The Bertz CT molecular complexity index is 553. The Morgan fingerprint density at radius 2 is 2.44 bits per heavy atom. The van der Waals surface area contributed by atoms with Crippen molar-refractivity contribution in [3.05, 3.63) is 27.1 Å². The summed E-state index contributed by atoms with van der Waals surface area (Å²) in [7, 11) is 0. The van der Waals surface area contributed by atoms with E-state index in [-0.39, 0.29) is 5.82 Å². The number of nitro groups is 1. The number of fused-ring (bicyclic) bond motifs is 1. The van der Waals surface area contributed by atoms with Gasteiger partial charge >= 0.3 is 5.82 Å². The summed E-state index contributed by atoms with van der Waals surface area (Å²) in [5.74, 6) is 0.433. The molecule has 0 saturated carbocycles. The fourth-order valence-electron chi connectivity index (χ4n) is 1.37. The third-order valence-electron chi connectivity index (χ3n) is 1.97. The van der Waals surface area contributed by atoms with Gasteiger partial charge in [0.2, 0.25) is 0 Å². The van der Waals surface area contributed by atoms with E-state index in [1.165, 1.54) is 16.8 Å². The van der Waals surface area contributed by atoms with E-state index in [2.05, 4.69) is 31.2 Å². The van der Waals surface area contributed by atoms with Crippen LogP contribution in [0.1, 0.15) is 6.92 Å². The number of anilines is 1. The fourth-order valence-corrected chi connectivity index (χ4v) is 1.75. The molecule has 0 saturated heterocycles. The zero-order chi connectivity index (χ0) is 11.7. The number of halogens is 1. The molecule has 0 aliphatic heterocycles. The first-order valence-corrected chi connectivity index (χ1v) is 5.34. The molecule has 0 aromatic carbocycles. The Labute approximate surface area is 98.8 Å². The third-order valence-corrected chi connectivity index (χ3v) is 2.36. The largest absolute Gasteiger partial charge is 0.365 e. The van der Waals surface area contributed by atoms with E-state index in [9.17, 15) is 10.1 Å². The van der Waals surface area contributed by atoms with Crippen LogP contribution >= 0.6 is 15.9 Å². The summed E-state index contributed by atoms with van der Waals surface area (Å²) in [5, 5.41) is 13.7. The Morgan fingerprint density at radius 3 is 3.06 bits per heavy atom. The molecule has 2 heterocycles. The van der Waals surface area contributed by atoms with Crippen LogP contribution in [0.25, 0.3) is 5.65 Å². The van der Waals surface area contributed by atoms with Crippen LogP contribution in [-0.4, -0.2) is 25.8 Å². The van der Waals surface area contributed by atoms with Gasteiger partial charge in [0.1, 0.15) is 17.0 Å². The maximum absolute atomic E-state index is 10.7. The average Bonchev–Trinajstić information content (AvgIpc) is 2.61. The minimum absolute atomic E-state index is 0.0859. The van der Waals surface area contributed by atoms with Crippen molar-refractivity contribution in [2.24, 2.45) is 0 Å². The van der Waals surface area contributed by atoms with E-state index in [1.54, 1.807) is 0 Å². The van der Waals surface area contributed by atoms with Gasteiger partial charge in [0.25, 0.3) is 5.65 Å². The molecule has 84 valence electrons. The molecule has 0 aliphatic carbocycles. The molecule has 2 aromatic heterocycles. The molecule has 0 unspecified atom stereocenters. The summed E-state index contributed by atoms with van der Waals surface area (Å²) >= 11 is 3.20. The highest BCUT2D eigenvalue weighted by molar-refractivity contribution is 9.10. The van der Waals surface area contributed by atoms with Crippen LogP contribution in [0.3, 0.4) is 0 Å². The van der Waals surface area contributed by atoms with E-state index < -0.39 is 4.92 Å². The average molecular weight is 286 g/mol. The molecule has 16 heavy (non-hydrogen) atoms. The van der Waals surface area contributed by atoms with Gasteiger partial charge in [-0.15, -0.1) is 0 Å². The quantitative estimate of drug-likeness (QED) is 0.687. The first-order chi connectivity index (χ1) is 7.63. The van der Waals surface area contributed by atoms with Gasteiger partial charge in [0, 0.05) is 6.54 Å². The van der Waals surface area contributed by atoms with Crippen LogP contribution < -0.4 is 5.32 Å². The van der Waals surface area contributed by atoms with Gasteiger partial charge in [-0.05, 0) is 27.8 Å². The molecule has 2 aromatic rings. The second-order valence-corrected chi connectivity index (χ2v) is 3.82. The molecule has 2 rings (SSSR count). The van der Waals surface area contributed by atoms with Gasteiger partial charge in [0.05, 0.1) is 0 Å². The predicted molar refractivity (Wildman–Crippen MR) is 61.5 cm³/mol. The van der Waals surface area contributed by atoms with E-state index in [4.69, 9.17) is 0 Å². The molecule has 0 aliphatic rings. The molecular weight excluding hydrogens is 278 g/mol. The Kier molecular flexibility index (Phi) is 2.73. The minimum Gasteiger partial charge on any atom is -0.365 e. The zero-order valence-electron chi connectivity index (χ0n) is 8.35. The molecule has 1 N–H and O–H groups in total. The lowest BCUT2D eigenvalue weighted by molar-refractivity contribution is -0.390. The van der Waals surface area contributed by atoms with Crippen LogP contribution in [0, 0.1) is 10.1 Å². The number of aromatic nitrogens is 3. The SMILES string of the molecule is CCNc1nc(Br)cn2c([N+](=O)[O-])cnc12. The summed E-state index contributed by atoms with van der Waals surface area (Å²) < 4.78 is 1.90. The lowest BCUT2D eigenvalue weighted by Gasteiger charge is -2.02. The van der Waals surface area contributed by atoms with Crippen molar-refractivity contribution in [1.82, 2.24) is 14.4 Å². The van der Waals surface area contributed by atoms with E-state index in [0.717, 1.165) is 0 Å². The summed E-state index contributed by atoms with van der Waals surface area (Å²) in [6.45, 7) is 2.58. The molecule has 0 radical (unpaired) electrons. The monoisotopic (exact) mass is 285 g/mol. The molecule has 8 heteroatoms. The molecular formula is C8H8BrN5O2. The maximum Gasteiger partial charge on any atom is 0.347 e. The van der Waals surface area contributed by atoms with Crippen LogP contribution in [0.4, 0.5) is 11.6 Å². The fraction of sp³-hybridized carbons (Fsp3) is 0.250. The first kappa shape index (κ1) is 10.8. The van der Waals surface area contributed by atoms with Gasteiger partial charge in [-0.2, -0.15) is 4.40 Å². The highest BCUT2D eigenvalue weighted by Gasteiger charge is 2.18. The first-order valence-electron chi connectivity index (χ1n) is 4.55. The molecule has 0 atom stereocenters. The predicted octanol–water partition coefficient (Wildman–Crippen LogP) is 1.83. The molecule has 7 nitrogen and oxygen atoms in total. The lowest BCUT2D eigenvalue weighted by Crippen LogP contribution is -2.03. The van der Waals surface area contributed by atoms with Crippen molar-refractivity contribution in [2.45, 2.75) is 6.92 Å². The highest BCUT2D eigenvalue weighted by atomic mass is 79.9. The summed E-state index contributed by atoms with van der Waals surface area (Å²) in [6.07, 6.45) is 2.73. The smallest absolute Gasteiger partial charge is 0.347 e. The summed E-state index contributed by atoms with van der Waals surface area (Å²) in [4.78, 5) is 18.4. The van der Waals surface area contributed by atoms with E-state index in [1.807, 2.05) is 6.92 Å². The Morgan fingerprint density at radius 1 is 1.69 bits per heavy atom. The molecule has 0 bridgehead atoms. The van der Waals surface area contributed by atoms with Gasteiger partial charge in [0.15, 0.2) is 5.82 Å².